The Kier molecular flexibility index (Phi) is 4.49. The lowest BCUT2D eigenvalue weighted by Crippen LogP contribution is -2.24. The second-order valence-corrected chi connectivity index (χ2v) is 6.63. The van der Waals surface area contributed by atoms with Gasteiger partial charge in [-0.3, -0.25) is 0 Å². The molecule has 2 N–H and O–H groups in total. The Hall–Kier alpha value is -2.30. The zero-order valence-electron chi connectivity index (χ0n) is 13.9. The molecule has 2 aromatic rings. The van der Waals surface area contributed by atoms with Crippen LogP contribution in [0.4, 0.5) is 11.8 Å². The van der Waals surface area contributed by atoms with Crippen molar-refractivity contribution in [3.8, 4) is 0 Å². The minimum atomic E-state index is 0.191. The second kappa shape index (κ2) is 7.07. The number of ether oxygens (including phenoxy) is 1. The van der Waals surface area contributed by atoms with E-state index in [0.717, 1.165) is 36.1 Å². The molecule has 0 radical (unpaired) electrons. The zero-order chi connectivity index (χ0) is 16.2. The number of nitrogens with zero attached hydrogens (tertiary/aromatic N) is 2. The molecule has 126 valence electrons. The minimum Gasteiger partial charge on any atom is -0.497 e. The summed E-state index contributed by atoms with van der Waals surface area (Å²) >= 11 is 0. The summed E-state index contributed by atoms with van der Waals surface area (Å²) in [5.41, 5.74) is 0.972. The van der Waals surface area contributed by atoms with Gasteiger partial charge in [-0.05, 0) is 43.9 Å². The van der Waals surface area contributed by atoms with E-state index in [1.807, 2.05) is 18.2 Å². The van der Waals surface area contributed by atoms with Gasteiger partial charge in [-0.2, -0.15) is 4.98 Å². The molecule has 24 heavy (non-hydrogen) atoms. The first kappa shape index (κ1) is 15.2. The minimum absolute atomic E-state index is 0.191. The maximum atomic E-state index is 5.61. The number of para-hydroxylation sites is 1. The predicted molar refractivity (Wildman–Crippen MR) is 97.2 cm³/mol. The highest BCUT2D eigenvalue weighted by Crippen LogP contribution is 2.27. The van der Waals surface area contributed by atoms with Crippen molar-refractivity contribution in [2.75, 3.05) is 17.2 Å². The van der Waals surface area contributed by atoms with Crippen LogP contribution in [-0.2, 0) is 4.74 Å². The number of rotatable bonds is 5. The Balaban J connectivity index is 1.54. The molecule has 0 bridgehead atoms. The summed E-state index contributed by atoms with van der Waals surface area (Å²) in [6.45, 7) is 0.728. The fourth-order valence-corrected chi connectivity index (χ4v) is 3.47. The highest BCUT2D eigenvalue weighted by molar-refractivity contribution is 5.90. The molecule has 0 saturated heterocycles. The SMILES string of the molecule is C1=COC(CNc2nc(NC3CCCC3)c3ccccc3n2)CC1. The average molecular weight is 324 g/mol. The maximum absolute atomic E-state index is 5.61. The van der Waals surface area contributed by atoms with Crippen molar-refractivity contribution >= 4 is 22.7 Å². The lowest BCUT2D eigenvalue weighted by molar-refractivity contribution is 0.135. The molecular weight excluding hydrogens is 300 g/mol. The van der Waals surface area contributed by atoms with Gasteiger partial charge in [0.1, 0.15) is 11.9 Å². The molecule has 1 aromatic carbocycles. The Morgan fingerprint density at radius 3 is 2.79 bits per heavy atom. The first-order valence-corrected chi connectivity index (χ1v) is 8.96. The average Bonchev–Trinajstić information content (AvgIpc) is 3.14. The van der Waals surface area contributed by atoms with Gasteiger partial charge in [-0.15, -0.1) is 0 Å². The third-order valence-corrected chi connectivity index (χ3v) is 4.81. The largest absolute Gasteiger partial charge is 0.497 e. The topological polar surface area (TPSA) is 59.1 Å². The van der Waals surface area contributed by atoms with E-state index < -0.39 is 0 Å². The summed E-state index contributed by atoms with van der Waals surface area (Å²) in [4.78, 5) is 9.40. The monoisotopic (exact) mass is 324 g/mol. The van der Waals surface area contributed by atoms with Crippen LogP contribution in [0.2, 0.25) is 0 Å². The van der Waals surface area contributed by atoms with Crippen LogP contribution >= 0.6 is 0 Å². The van der Waals surface area contributed by atoms with E-state index in [9.17, 15) is 0 Å². The molecule has 4 rings (SSSR count). The van der Waals surface area contributed by atoms with Gasteiger partial charge >= 0.3 is 0 Å². The summed E-state index contributed by atoms with van der Waals surface area (Å²) in [6, 6.07) is 8.73. The van der Waals surface area contributed by atoms with E-state index in [1.165, 1.54) is 25.7 Å². The number of hydrogen-bond donors (Lipinski definition) is 2. The van der Waals surface area contributed by atoms with Gasteiger partial charge in [-0.1, -0.05) is 25.0 Å². The van der Waals surface area contributed by atoms with Gasteiger partial charge in [0.2, 0.25) is 5.95 Å². The molecule has 1 aromatic heterocycles. The van der Waals surface area contributed by atoms with Crippen LogP contribution in [0.15, 0.2) is 36.6 Å². The number of hydrogen-bond acceptors (Lipinski definition) is 5. The van der Waals surface area contributed by atoms with E-state index in [2.05, 4.69) is 27.8 Å². The Morgan fingerprint density at radius 1 is 1.08 bits per heavy atom. The molecular formula is C19H24N4O. The lowest BCUT2D eigenvalue weighted by Gasteiger charge is -2.20. The molecule has 1 aliphatic carbocycles. The molecule has 5 heteroatoms. The standard InChI is InChI=1S/C19H24N4O/c1-2-8-14(7-1)21-18-16-10-3-4-11-17(16)22-19(23-18)20-13-15-9-5-6-12-24-15/h3-4,6,10-12,14-15H,1-2,5,7-9,13H2,(H2,20,21,22,23). The van der Waals surface area contributed by atoms with Crippen molar-refractivity contribution in [2.24, 2.45) is 0 Å². The highest BCUT2D eigenvalue weighted by Gasteiger charge is 2.18. The van der Waals surface area contributed by atoms with E-state index in [-0.39, 0.29) is 6.10 Å². The molecule has 1 saturated carbocycles. The lowest BCUT2D eigenvalue weighted by atomic mass is 10.1. The fraction of sp³-hybridized carbons (Fsp3) is 0.474. The van der Waals surface area contributed by atoms with Gasteiger partial charge in [0.25, 0.3) is 0 Å². The third kappa shape index (κ3) is 3.45. The number of anilines is 2. The van der Waals surface area contributed by atoms with Crippen LogP contribution < -0.4 is 10.6 Å². The molecule has 1 fully saturated rings. The first-order chi connectivity index (χ1) is 11.9. The maximum Gasteiger partial charge on any atom is 0.225 e. The van der Waals surface area contributed by atoms with Crippen LogP contribution in [0.25, 0.3) is 10.9 Å². The van der Waals surface area contributed by atoms with Gasteiger partial charge < -0.3 is 15.4 Å². The first-order valence-electron chi connectivity index (χ1n) is 8.96. The van der Waals surface area contributed by atoms with E-state index in [1.54, 1.807) is 6.26 Å². The van der Waals surface area contributed by atoms with Crippen molar-refractivity contribution in [1.82, 2.24) is 9.97 Å². The number of fused-ring (bicyclic) bond motifs is 1. The van der Waals surface area contributed by atoms with Crippen LogP contribution in [0, 0.1) is 0 Å². The van der Waals surface area contributed by atoms with Gasteiger partial charge in [0.05, 0.1) is 18.3 Å². The normalized spacial score (nSPS) is 20.9. The molecule has 5 nitrogen and oxygen atoms in total. The van der Waals surface area contributed by atoms with E-state index in [4.69, 9.17) is 9.72 Å². The summed E-state index contributed by atoms with van der Waals surface area (Å²) in [6.07, 6.45) is 11.2. The smallest absolute Gasteiger partial charge is 0.225 e. The molecule has 1 atom stereocenters. The summed E-state index contributed by atoms with van der Waals surface area (Å²) < 4.78 is 5.61. The fourth-order valence-electron chi connectivity index (χ4n) is 3.47. The summed E-state index contributed by atoms with van der Waals surface area (Å²) in [5.74, 6) is 1.62. The van der Waals surface area contributed by atoms with Gasteiger partial charge in [-0.25, -0.2) is 4.98 Å². The molecule has 2 heterocycles. The number of benzene rings is 1. The summed E-state index contributed by atoms with van der Waals surface area (Å²) in [5, 5.41) is 8.07. The number of nitrogens with one attached hydrogen (secondary N) is 2. The van der Waals surface area contributed by atoms with Crippen molar-refractivity contribution in [3.63, 3.8) is 0 Å². The molecule has 1 unspecified atom stereocenters. The summed E-state index contributed by atoms with van der Waals surface area (Å²) in [7, 11) is 0. The van der Waals surface area contributed by atoms with E-state index >= 15 is 0 Å². The Bertz CT molecular complexity index is 724. The number of allylic oxidation sites excluding steroid dienone is 1. The van der Waals surface area contributed by atoms with Crippen molar-refractivity contribution in [2.45, 2.75) is 50.7 Å². The Morgan fingerprint density at radius 2 is 1.96 bits per heavy atom. The van der Waals surface area contributed by atoms with Gasteiger partial charge in [0, 0.05) is 11.4 Å². The molecule has 0 spiro atoms. The third-order valence-electron chi connectivity index (χ3n) is 4.81. The predicted octanol–water partition coefficient (Wildman–Crippen LogP) is 4.09. The molecule has 1 aliphatic heterocycles. The van der Waals surface area contributed by atoms with Crippen LogP contribution in [0.1, 0.15) is 38.5 Å². The molecule has 2 aliphatic rings. The van der Waals surface area contributed by atoms with Crippen molar-refractivity contribution in [1.29, 1.82) is 0 Å². The highest BCUT2D eigenvalue weighted by atomic mass is 16.5. The van der Waals surface area contributed by atoms with Crippen molar-refractivity contribution in [3.05, 3.63) is 36.6 Å². The quantitative estimate of drug-likeness (QED) is 0.867. The van der Waals surface area contributed by atoms with Crippen molar-refractivity contribution < 1.29 is 4.74 Å². The van der Waals surface area contributed by atoms with Gasteiger partial charge in [0.15, 0.2) is 0 Å². The second-order valence-electron chi connectivity index (χ2n) is 6.63. The Labute approximate surface area is 142 Å². The van der Waals surface area contributed by atoms with E-state index in [0.29, 0.717) is 12.0 Å². The molecule has 0 amide bonds. The van der Waals surface area contributed by atoms with Crippen LogP contribution in [0.3, 0.4) is 0 Å². The van der Waals surface area contributed by atoms with Crippen LogP contribution in [0.5, 0.6) is 0 Å². The zero-order valence-corrected chi connectivity index (χ0v) is 13.9. The number of aromatic nitrogens is 2. The van der Waals surface area contributed by atoms with Crippen LogP contribution in [-0.4, -0.2) is 28.7 Å².